The van der Waals surface area contributed by atoms with Crippen molar-refractivity contribution in [2.24, 2.45) is 0 Å². The third-order valence-electron chi connectivity index (χ3n) is 5.78. The Kier molecular flexibility index (Phi) is 6.43. The average molecular weight is 454 g/mol. The number of benzene rings is 2. The highest BCUT2D eigenvalue weighted by molar-refractivity contribution is 7.89. The summed E-state index contributed by atoms with van der Waals surface area (Å²) in [6.45, 7) is 3.43. The van der Waals surface area contributed by atoms with E-state index in [0.29, 0.717) is 48.0 Å². The van der Waals surface area contributed by atoms with Crippen molar-refractivity contribution in [2.45, 2.75) is 31.1 Å². The van der Waals surface area contributed by atoms with E-state index < -0.39 is 10.0 Å². The number of sulfonamides is 1. The van der Waals surface area contributed by atoms with Crippen LogP contribution in [0.4, 0.5) is 0 Å². The van der Waals surface area contributed by atoms with Gasteiger partial charge in [-0.25, -0.2) is 8.42 Å². The molecule has 1 aliphatic rings. The third-order valence-corrected chi connectivity index (χ3v) is 7.70. The van der Waals surface area contributed by atoms with Crippen LogP contribution in [0.15, 0.2) is 53.4 Å². The number of carbonyl (C=O) groups excluding carboxylic acids is 1. The van der Waals surface area contributed by atoms with Gasteiger partial charge in [0.1, 0.15) is 5.75 Å². The first-order valence-corrected chi connectivity index (χ1v) is 12.2. The molecule has 0 bridgehead atoms. The van der Waals surface area contributed by atoms with Gasteiger partial charge >= 0.3 is 0 Å². The van der Waals surface area contributed by atoms with Crippen LogP contribution in [0.2, 0.25) is 0 Å². The van der Waals surface area contributed by atoms with Crippen molar-refractivity contribution in [3.05, 3.63) is 65.4 Å². The molecule has 2 heterocycles. The molecule has 1 aliphatic heterocycles. The Bertz CT molecular complexity index is 1230. The van der Waals surface area contributed by atoms with Gasteiger partial charge in [-0.15, -0.1) is 0 Å². The minimum Gasteiger partial charge on any atom is -0.497 e. The second kappa shape index (κ2) is 9.26. The number of nitrogens with zero attached hydrogens (tertiary/aromatic N) is 2. The van der Waals surface area contributed by atoms with E-state index in [-0.39, 0.29) is 5.91 Å². The summed E-state index contributed by atoms with van der Waals surface area (Å²) in [4.78, 5) is 17.6. The van der Waals surface area contributed by atoms with Gasteiger partial charge < -0.3 is 10.1 Å². The Morgan fingerprint density at radius 1 is 1.09 bits per heavy atom. The second-order valence-electron chi connectivity index (χ2n) is 7.94. The fourth-order valence-electron chi connectivity index (χ4n) is 3.93. The van der Waals surface area contributed by atoms with Gasteiger partial charge in [0.2, 0.25) is 10.0 Å². The highest BCUT2D eigenvalue weighted by Gasteiger charge is 2.26. The van der Waals surface area contributed by atoms with Crippen molar-refractivity contribution >= 4 is 26.8 Å². The number of aryl methyl sites for hydroxylation is 1. The zero-order valence-corrected chi connectivity index (χ0v) is 19.1. The number of hydrogen-bond donors (Lipinski definition) is 1. The number of hydrogen-bond acceptors (Lipinski definition) is 5. The predicted molar refractivity (Wildman–Crippen MR) is 124 cm³/mol. The van der Waals surface area contributed by atoms with Crippen LogP contribution in [0.3, 0.4) is 0 Å². The third kappa shape index (κ3) is 4.61. The Balaban J connectivity index is 1.39. The summed E-state index contributed by atoms with van der Waals surface area (Å²) in [7, 11) is -1.80. The molecule has 0 unspecified atom stereocenters. The summed E-state index contributed by atoms with van der Waals surface area (Å²) >= 11 is 0. The summed E-state index contributed by atoms with van der Waals surface area (Å²) in [5.74, 6) is 0.526. The van der Waals surface area contributed by atoms with Gasteiger partial charge in [0.15, 0.2) is 0 Å². The van der Waals surface area contributed by atoms with Gasteiger partial charge in [-0.2, -0.15) is 4.31 Å². The van der Waals surface area contributed by atoms with Gasteiger partial charge in [-0.3, -0.25) is 9.78 Å². The Hall–Kier alpha value is -2.97. The SMILES string of the molecule is COc1ccc2nc(C)c(C(=O)NCCc3ccc(S(=O)(=O)N4CCCC4)cc3)cc2c1. The molecule has 7 nitrogen and oxygen atoms in total. The number of carbonyl (C=O) groups is 1. The summed E-state index contributed by atoms with van der Waals surface area (Å²) in [5, 5.41) is 3.78. The summed E-state index contributed by atoms with van der Waals surface area (Å²) in [6, 6.07) is 14.3. The van der Waals surface area contributed by atoms with Crippen molar-refractivity contribution in [3.63, 3.8) is 0 Å². The van der Waals surface area contributed by atoms with Crippen LogP contribution in [0.5, 0.6) is 5.75 Å². The quantitative estimate of drug-likeness (QED) is 0.593. The van der Waals surface area contributed by atoms with E-state index in [1.165, 1.54) is 4.31 Å². The minimum atomic E-state index is -3.41. The molecule has 32 heavy (non-hydrogen) atoms. The van der Waals surface area contributed by atoms with E-state index in [2.05, 4.69) is 10.3 Å². The molecule has 3 aromatic rings. The molecule has 1 fully saturated rings. The molecule has 1 N–H and O–H groups in total. The summed E-state index contributed by atoms with van der Waals surface area (Å²) in [6.07, 6.45) is 2.43. The van der Waals surface area contributed by atoms with Crippen LogP contribution in [0, 0.1) is 6.92 Å². The van der Waals surface area contributed by atoms with E-state index >= 15 is 0 Å². The fourth-order valence-corrected chi connectivity index (χ4v) is 5.45. The Morgan fingerprint density at radius 2 is 1.81 bits per heavy atom. The molecule has 1 aromatic heterocycles. The molecule has 1 amide bonds. The van der Waals surface area contributed by atoms with Gasteiger partial charge in [0.05, 0.1) is 28.8 Å². The zero-order valence-electron chi connectivity index (χ0n) is 18.3. The van der Waals surface area contributed by atoms with Crippen LogP contribution in [0.25, 0.3) is 10.9 Å². The van der Waals surface area contributed by atoms with Crippen LogP contribution < -0.4 is 10.1 Å². The predicted octanol–water partition coefficient (Wildman–Crippen LogP) is 3.31. The monoisotopic (exact) mass is 453 g/mol. The molecule has 0 aliphatic carbocycles. The van der Waals surface area contributed by atoms with Crippen LogP contribution in [0.1, 0.15) is 34.5 Å². The molecular weight excluding hydrogens is 426 g/mol. The average Bonchev–Trinajstić information content (AvgIpc) is 3.34. The minimum absolute atomic E-state index is 0.187. The number of nitrogens with one attached hydrogen (secondary N) is 1. The van der Waals surface area contributed by atoms with E-state index in [0.717, 1.165) is 29.3 Å². The lowest BCUT2D eigenvalue weighted by molar-refractivity contribution is 0.0953. The van der Waals surface area contributed by atoms with Gasteiger partial charge in [-0.1, -0.05) is 12.1 Å². The van der Waals surface area contributed by atoms with Crippen LogP contribution in [-0.4, -0.2) is 50.4 Å². The molecular formula is C24H27N3O4S. The molecule has 0 atom stereocenters. The number of aromatic nitrogens is 1. The fraction of sp³-hybridized carbons (Fsp3) is 0.333. The zero-order chi connectivity index (χ0) is 22.7. The largest absolute Gasteiger partial charge is 0.497 e. The van der Waals surface area contributed by atoms with Gasteiger partial charge in [-0.05, 0) is 68.1 Å². The number of pyridine rings is 1. The van der Waals surface area contributed by atoms with Crippen LogP contribution in [-0.2, 0) is 16.4 Å². The summed E-state index contributed by atoms with van der Waals surface area (Å²) in [5.41, 5.74) is 2.96. The summed E-state index contributed by atoms with van der Waals surface area (Å²) < 4.78 is 32.0. The number of fused-ring (bicyclic) bond motifs is 1. The standard InChI is InChI=1S/C24H27N3O4S/c1-17-22(16-19-15-20(31-2)7-10-23(19)26-17)24(28)25-12-11-18-5-8-21(9-6-18)32(29,30)27-13-3-4-14-27/h5-10,15-16H,3-4,11-14H2,1-2H3,(H,25,28). The highest BCUT2D eigenvalue weighted by Crippen LogP contribution is 2.23. The first kappa shape index (κ1) is 22.2. The molecule has 1 saturated heterocycles. The number of ether oxygens (including phenoxy) is 1. The lowest BCUT2D eigenvalue weighted by atomic mass is 10.1. The number of amides is 1. The van der Waals surface area contributed by atoms with Crippen molar-refractivity contribution in [1.82, 2.24) is 14.6 Å². The molecule has 8 heteroatoms. The first-order valence-electron chi connectivity index (χ1n) is 10.7. The van der Waals surface area contributed by atoms with Gasteiger partial charge in [0.25, 0.3) is 5.91 Å². The van der Waals surface area contributed by atoms with Crippen molar-refractivity contribution in [2.75, 3.05) is 26.7 Å². The molecule has 2 aromatic carbocycles. The first-order chi connectivity index (χ1) is 15.4. The van der Waals surface area contributed by atoms with E-state index in [1.807, 2.05) is 43.3 Å². The normalized spacial score (nSPS) is 14.6. The molecule has 0 radical (unpaired) electrons. The molecule has 4 rings (SSSR count). The van der Waals surface area contributed by atoms with Crippen molar-refractivity contribution < 1.29 is 17.9 Å². The maximum Gasteiger partial charge on any atom is 0.253 e. The number of methoxy groups -OCH3 is 1. The second-order valence-corrected chi connectivity index (χ2v) is 9.88. The van der Waals surface area contributed by atoms with Gasteiger partial charge in [0, 0.05) is 25.0 Å². The number of rotatable bonds is 7. The van der Waals surface area contributed by atoms with Crippen molar-refractivity contribution in [1.29, 1.82) is 0 Å². The van der Waals surface area contributed by atoms with E-state index in [4.69, 9.17) is 4.74 Å². The Morgan fingerprint density at radius 3 is 2.50 bits per heavy atom. The Labute approximate surface area is 188 Å². The highest BCUT2D eigenvalue weighted by atomic mass is 32.2. The molecule has 168 valence electrons. The lowest BCUT2D eigenvalue weighted by Crippen LogP contribution is -2.28. The van der Waals surface area contributed by atoms with Crippen LogP contribution >= 0.6 is 0 Å². The van der Waals surface area contributed by atoms with E-state index in [9.17, 15) is 13.2 Å². The molecule has 0 spiro atoms. The maximum atomic E-state index is 12.7. The lowest BCUT2D eigenvalue weighted by Gasteiger charge is -2.15. The molecule has 0 saturated carbocycles. The van der Waals surface area contributed by atoms with E-state index in [1.54, 1.807) is 19.2 Å². The van der Waals surface area contributed by atoms with Crippen molar-refractivity contribution in [3.8, 4) is 5.75 Å². The maximum absolute atomic E-state index is 12.7. The smallest absolute Gasteiger partial charge is 0.253 e. The topological polar surface area (TPSA) is 88.6 Å².